The lowest BCUT2D eigenvalue weighted by atomic mass is 9.94. The molecule has 0 amide bonds. The molecule has 1 saturated carbocycles. The summed E-state index contributed by atoms with van der Waals surface area (Å²) in [5.41, 5.74) is 5.27. The summed E-state index contributed by atoms with van der Waals surface area (Å²) in [6, 6.07) is 7.03. The van der Waals surface area contributed by atoms with Gasteiger partial charge in [0.15, 0.2) is 0 Å². The first-order chi connectivity index (χ1) is 7.26. The van der Waals surface area contributed by atoms with Gasteiger partial charge in [0.25, 0.3) is 0 Å². The van der Waals surface area contributed by atoms with E-state index in [0.717, 1.165) is 5.92 Å². The maximum absolute atomic E-state index is 3.33. The highest BCUT2D eigenvalue weighted by Crippen LogP contribution is 2.61. The average Bonchev–Trinajstić information content (AvgIpc) is 2.79. The Balaban J connectivity index is 1.95. The van der Waals surface area contributed by atoms with E-state index in [1.54, 1.807) is 11.1 Å². The molecule has 2 unspecified atom stereocenters. The maximum Gasteiger partial charge on any atom is 0.000305 e. The molecule has 0 aromatic heterocycles. The van der Waals surface area contributed by atoms with Crippen molar-refractivity contribution < 1.29 is 0 Å². The molecule has 2 aliphatic rings. The number of hydrogen-bond donors (Lipinski definition) is 1. The SMILES string of the molecule is CNCC1CC12CCc1ccc(C)cc12. The zero-order valence-electron chi connectivity index (χ0n) is 9.64. The molecule has 2 aliphatic carbocycles. The minimum absolute atomic E-state index is 0.574. The lowest BCUT2D eigenvalue weighted by molar-refractivity contribution is 0.572. The minimum Gasteiger partial charge on any atom is -0.319 e. The van der Waals surface area contributed by atoms with Crippen LogP contribution in [0.1, 0.15) is 29.5 Å². The van der Waals surface area contributed by atoms with Crippen LogP contribution >= 0.6 is 0 Å². The van der Waals surface area contributed by atoms with Gasteiger partial charge in [-0.1, -0.05) is 23.8 Å². The van der Waals surface area contributed by atoms with Gasteiger partial charge in [-0.3, -0.25) is 0 Å². The predicted molar refractivity (Wildman–Crippen MR) is 63.2 cm³/mol. The smallest absolute Gasteiger partial charge is 0.000305 e. The fraction of sp³-hybridized carbons (Fsp3) is 0.571. The second-order valence-corrected chi connectivity index (χ2v) is 5.28. The van der Waals surface area contributed by atoms with E-state index in [0.29, 0.717) is 5.41 Å². The summed E-state index contributed by atoms with van der Waals surface area (Å²) < 4.78 is 0. The molecule has 80 valence electrons. The molecule has 15 heavy (non-hydrogen) atoms. The first-order valence-corrected chi connectivity index (χ1v) is 6.01. The van der Waals surface area contributed by atoms with E-state index < -0.39 is 0 Å². The van der Waals surface area contributed by atoms with Crippen LogP contribution in [0.25, 0.3) is 0 Å². The molecular formula is C14H19N. The molecule has 1 fully saturated rings. The lowest BCUT2D eigenvalue weighted by Gasteiger charge is -2.12. The molecule has 0 heterocycles. The van der Waals surface area contributed by atoms with Crippen LogP contribution in [0.5, 0.6) is 0 Å². The Hall–Kier alpha value is -0.820. The highest BCUT2D eigenvalue weighted by Gasteiger charge is 2.57. The summed E-state index contributed by atoms with van der Waals surface area (Å²) in [4.78, 5) is 0. The van der Waals surface area contributed by atoms with Crippen LogP contribution in [0.2, 0.25) is 0 Å². The molecule has 1 spiro atoms. The van der Waals surface area contributed by atoms with Gasteiger partial charge in [-0.2, -0.15) is 0 Å². The van der Waals surface area contributed by atoms with Crippen molar-refractivity contribution in [3.63, 3.8) is 0 Å². The van der Waals surface area contributed by atoms with Crippen LogP contribution in [-0.2, 0) is 11.8 Å². The van der Waals surface area contributed by atoms with Gasteiger partial charge in [-0.25, -0.2) is 0 Å². The number of benzene rings is 1. The molecule has 1 nitrogen and oxygen atoms in total. The van der Waals surface area contributed by atoms with E-state index in [1.807, 2.05) is 0 Å². The van der Waals surface area contributed by atoms with Gasteiger partial charge in [-0.05, 0) is 56.8 Å². The van der Waals surface area contributed by atoms with Crippen LogP contribution in [-0.4, -0.2) is 13.6 Å². The van der Waals surface area contributed by atoms with Crippen molar-refractivity contribution in [3.05, 3.63) is 34.9 Å². The minimum atomic E-state index is 0.574. The van der Waals surface area contributed by atoms with Crippen LogP contribution in [0.4, 0.5) is 0 Å². The Bertz CT molecular complexity index is 396. The van der Waals surface area contributed by atoms with Crippen molar-refractivity contribution >= 4 is 0 Å². The third kappa shape index (κ3) is 1.26. The normalized spacial score (nSPS) is 32.0. The largest absolute Gasteiger partial charge is 0.319 e. The first kappa shape index (κ1) is 9.41. The molecule has 0 aliphatic heterocycles. The molecular weight excluding hydrogens is 182 g/mol. The molecule has 0 radical (unpaired) electrons. The zero-order chi connectivity index (χ0) is 10.5. The summed E-state index contributed by atoms with van der Waals surface area (Å²) in [6.45, 7) is 3.40. The van der Waals surface area contributed by atoms with Gasteiger partial charge >= 0.3 is 0 Å². The van der Waals surface area contributed by atoms with E-state index >= 15 is 0 Å². The summed E-state index contributed by atoms with van der Waals surface area (Å²) in [5, 5.41) is 3.33. The molecule has 3 rings (SSSR count). The Kier molecular flexibility index (Phi) is 1.93. The van der Waals surface area contributed by atoms with Crippen molar-refractivity contribution in [1.29, 1.82) is 0 Å². The quantitative estimate of drug-likeness (QED) is 0.775. The number of aryl methyl sites for hydroxylation is 2. The van der Waals surface area contributed by atoms with Crippen LogP contribution in [0.3, 0.4) is 0 Å². The monoisotopic (exact) mass is 201 g/mol. The lowest BCUT2D eigenvalue weighted by Crippen LogP contribution is -2.16. The molecule has 0 saturated heterocycles. The Morgan fingerprint density at radius 2 is 2.33 bits per heavy atom. The number of nitrogens with one attached hydrogen (secondary N) is 1. The van der Waals surface area contributed by atoms with Crippen molar-refractivity contribution in [2.24, 2.45) is 5.92 Å². The van der Waals surface area contributed by atoms with Crippen molar-refractivity contribution in [2.75, 3.05) is 13.6 Å². The average molecular weight is 201 g/mol. The first-order valence-electron chi connectivity index (χ1n) is 6.01. The molecule has 0 bridgehead atoms. The molecule has 1 aromatic rings. The summed E-state index contributed by atoms with van der Waals surface area (Å²) in [7, 11) is 2.07. The summed E-state index contributed by atoms with van der Waals surface area (Å²) in [6.07, 6.45) is 4.10. The van der Waals surface area contributed by atoms with Crippen molar-refractivity contribution in [2.45, 2.75) is 31.6 Å². The Morgan fingerprint density at radius 1 is 1.47 bits per heavy atom. The van der Waals surface area contributed by atoms with Gasteiger partial charge in [0.1, 0.15) is 0 Å². The molecule has 1 heteroatoms. The summed E-state index contributed by atoms with van der Waals surface area (Å²) >= 11 is 0. The molecule has 1 N–H and O–H groups in total. The fourth-order valence-corrected chi connectivity index (χ4v) is 3.39. The second kappa shape index (κ2) is 3.08. The van der Waals surface area contributed by atoms with Gasteiger partial charge in [0.05, 0.1) is 0 Å². The Labute approximate surface area is 91.9 Å². The van der Waals surface area contributed by atoms with E-state index in [9.17, 15) is 0 Å². The van der Waals surface area contributed by atoms with E-state index in [2.05, 4.69) is 37.5 Å². The number of fused-ring (bicyclic) bond motifs is 2. The predicted octanol–water partition coefficient (Wildman–Crippen LogP) is 2.42. The zero-order valence-corrected chi connectivity index (χ0v) is 9.64. The van der Waals surface area contributed by atoms with Crippen LogP contribution < -0.4 is 5.32 Å². The highest BCUT2D eigenvalue weighted by atomic mass is 14.8. The number of hydrogen-bond acceptors (Lipinski definition) is 1. The maximum atomic E-state index is 3.33. The van der Waals surface area contributed by atoms with Crippen molar-refractivity contribution in [3.8, 4) is 0 Å². The standard InChI is InChI=1S/C14H19N/c1-10-3-4-11-5-6-14(13(11)7-10)8-12(14)9-15-2/h3-4,7,12,15H,5-6,8-9H2,1-2H3. The van der Waals surface area contributed by atoms with Gasteiger partial charge in [0.2, 0.25) is 0 Å². The summed E-state index contributed by atoms with van der Waals surface area (Å²) in [5.74, 6) is 0.894. The van der Waals surface area contributed by atoms with Gasteiger partial charge in [0, 0.05) is 5.41 Å². The highest BCUT2D eigenvalue weighted by molar-refractivity contribution is 5.46. The van der Waals surface area contributed by atoms with Crippen molar-refractivity contribution in [1.82, 2.24) is 5.32 Å². The van der Waals surface area contributed by atoms with Crippen LogP contribution in [0.15, 0.2) is 18.2 Å². The molecule has 2 atom stereocenters. The fourth-order valence-electron chi connectivity index (χ4n) is 3.39. The van der Waals surface area contributed by atoms with Crippen LogP contribution in [0, 0.1) is 12.8 Å². The van der Waals surface area contributed by atoms with E-state index in [1.165, 1.54) is 31.4 Å². The van der Waals surface area contributed by atoms with Gasteiger partial charge < -0.3 is 5.32 Å². The third-order valence-electron chi connectivity index (χ3n) is 4.32. The van der Waals surface area contributed by atoms with Gasteiger partial charge in [-0.15, -0.1) is 0 Å². The Morgan fingerprint density at radius 3 is 3.13 bits per heavy atom. The van der Waals surface area contributed by atoms with E-state index in [-0.39, 0.29) is 0 Å². The second-order valence-electron chi connectivity index (χ2n) is 5.28. The van der Waals surface area contributed by atoms with E-state index in [4.69, 9.17) is 0 Å². The molecule has 1 aromatic carbocycles. The topological polar surface area (TPSA) is 12.0 Å². The number of rotatable bonds is 2. The third-order valence-corrected chi connectivity index (χ3v) is 4.32.